The van der Waals surface area contributed by atoms with Gasteiger partial charge in [0.25, 0.3) is 0 Å². The number of H-pyrrole nitrogens is 1. The van der Waals surface area contributed by atoms with Crippen LogP contribution >= 0.6 is 0 Å². The molecule has 0 atom stereocenters. The number of nitrogens with one attached hydrogen (secondary N) is 2. The van der Waals surface area contributed by atoms with Gasteiger partial charge < -0.3 is 20.8 Å². The summed E-state index contributed by atoms with van der Waals surface area (Å²) in [5, 5.41) is 4.12. The monoisotopic (exact) mass is 343 g/mol. The molecule has 4 N–H and O–H groups in total. The van der Waals surface area contributed by atoms with Gasteiger partial charge in [-0.3, -0.25) is 4.79 Å². The minimum atomic E-state index is -0.245. The van der Waals surface area contributed by atoms with Crippen LogP contribution < -0.4 is 15.8 Å². The van der Waals surface area contributed by atoms with Gasteiger partial charge in [0.05, 0.1) is 13.5 Å². The van der Waals surface area contributed by atoms with E-state index in [1.165, 1.54) is 12.8 Å². The summed E-state index contributed by atoms with van der Waals surface area (Å²) < 4.78 is 5.31. The fourth-order valence-electron chi connectivity index (χ4n) is 3.82. The number of fused-ring (bicyclic) bond motifs is 1. The first kappa shape index (κ1) is 17.8. The van der Waals surface area contributed by atoms with Gasteiger partial charge >= 0.3 is 0 Å². The molecule has 1 saturated carbocycles. The fraction of sp³-hybridized carbons (Fsp3) is 0.550. The minimum Gasteiger partial charge on any atom is -0.497 e. The van der Waals surface area contributed by atoms with Crippen LogP contribution in [-0.2, 0) is 11.2 Å². The smallest absolute Gasteiger partial charge is 0.224 e. The lowest BCUT2D eigenvalue weighted by molar-refractivity contribution is -0.120. The average Bonchev–Trinajstić information content (AvgIpc) is 2.76. The van der Waals surface area contributed by atoms with E-state index in [0.717, 1.165) is 53.6 Å². The van der Waals surface area contributed by atoms with Crippen molar-refractivity contribution in [2.75, 3.05) is 13.7 Å². The van der Waals surface area contributed by atoms with Crippen molar-refractivity contribution in [3.05, 3.63) is 29.5 Å². The Morgan fingerprint density at radius 1 is 1.28 bits per heavy atom. The van der Waals surface area contributed by atoms with E-state index in [0.29, 0.717) is 13.0 Å². The third-order valence-corrected chi connectivity index (χ3v) is 5.40. The number of ether oxygens (including phenoxy) is 1. The van der Waals surface area contributed by atoms with Crippen molar-refractivity contribution in [2.24, 2.45) is 5.73 Å². The summed E-state index contributed by atoms with van der Waals surface area (Å²) in [7, 11) is 1.65. The molecule has 1 heterocycles. The Morgan fingerprint density at radius 2 is 2.00 bits per heavy atom. The molecule has 5 nitrogen and oxygen atoms in total. The van der Waals surface area contributed by atoms with Crippen molar-refractivity contribution < 1.29 is 9.53 Å². The molecule has 0 spiro atoms. The van der Waals surface area contributed by atoms with E-state index in [1.807, 2.05) is 25.1 Å². The highest BCUT2D eigenvalue weighted by atomic mass is 16.5. The summed E-state index contributed by atoms with van der Waals surface area (Å²) in [6, 6.07) is 5.90. The Morgan fingerprint density at radius 3 is 2.68 bits per heavy atom. The van der Waals surface area contributed by atoms with Crippen LogP contribution in [0.15, 0.2) is 18.2 Å². The Bertz CT molecular complexity index is 743. The standard InChI is InChI=1S/C20H29N3O2/c1-14-16(17-11-15(25-2)7-8-18(17)23-14)12-19(24)22-13-20(21)9-5-3-4-6-10-20/h7-8,11,23H,3-6,9-10,12-13,21H2,1-2H3,(H,22,24). The molecule has 0 radical (unpaired) electrons. The van der Waals surface area contributed by atoms with Gasteiger partial charge in [0, 0.05) is 28.7 Å². The molecule has 0 saturated heterocycles. The van der Waals surface area contributed by atoms with E-state index in [1.54, 1.807) is 7.11 Å². The molecule has 1 fully saturated rings. The number of methoxy groups -OCH3 is 1. The number of hydrogen-bond acceptors (Lipinski definition) is 3. The second-order valence-electron chi connectivity index (χ2n) is 7.37. The van der Waals surface area contributed by atoms with Gasteiger partial charge in [-0.15, -0.1) is 0 Å². The van der Waals surface area contributed by atoms with E-state index < -0.39 is 0 Å². The quantitative estimate of drug-likeness (QED) is 0.729. The number of aromatic nitrogens is 1. The van der Waals surface area contributed by atoms with Gasteiger partial charge in [0.2, 0.25) is 5.91 Å². The predicted molar refractivity (Wildman–Crippen MR) is 101 cm³/mol. The van der Waals surface area contributed by atoms with Crippen LogP contribution in [0.3, 0.4) is 0 Å². The lowest BCUT2D eigenvalue weighted by atomic mass is 9.91. The van der Waals surface area contributed by atoms with Crippen LogP contribution in [0.2, 0.25) is 0 Å². The van der Waals surface area contributed by atoms with Gasteiger partial charge in [-0.05, 0) is 43.5 Å². The van der Waals surface area contributed by atoms with Gasteiger partial charge in [-0.25, -0.2) is 0 Å². The molecule has 3 rings (SSSR count). The second-order valence-corrected chi connectivity index (χ2v) is 7.37. The third-order valence-electron chi connectivity index (χ3n) is 5.40. The molecule has 136 valence electrons. The van der Waals surface area contributed by atoms with Gasteiger partial charge in [-0.2, -0.15) is 0 Å². The molecule has 1 aliphatic carbocycles. The van der Waals surface area contributed by atoms with E-state index >= 15 is 0 Å². The largest absolute Gasteiger partial charge is 0.497 e. The number of amides is 1. The zero-order valence-electron chi connectivity index (χ0n) is 15.3. The molecule has 1 aromatic carbocycles. The highest BCUT2D eigenvalue weighted by molar-refractivity contribution is 5.91. The molecule has 0 bridgehead atoms. The summed E-state index contributed by atoms with van der Waals surface area (Å²) in [4.78, 5) is 15.9. The molecule has 25 heavy (non-hydrogen) atoms. The number of aromatic amines is 1. The van der Waals surface area contributed by atoms with E-state index in [4.69, 9.17) is 10.5 Å². The SMILES string of the molecule is COc1ccc2[nH]c(C)c(CC(=O)NCC3(N)CCCCCC3)c2c1. The summed E-state index contributed by atoms with van der Waals surface area (Å²) >= 11 is 0. The Hall–Kier alpha value is -2.01. The Kier molecular flexibility index (Phi) is 5.33. The highest BCUT2D eigenvalue weighted by Gasteiger charge is 2.26. The maximum Gasteiger partial charge on any atom is 0.224 e. The number of hydrogen-bond donors (Lipinski definition) is 3. The van der Waals surface area contributed by atoms with Crippen LogP contribution in [0.25, 0.3) is 10.9 Å². The second kappa shape index (κ2) is 7.48. The molecule has 0 aliphatic heterocycles. The maximum absolute atomic E-state index is 12.5. The topological polar surface area (TPSA) is 80.1 Å². The van der Waals surface area contributed by atoms with Gasteiger partial charge in [0.1, 0.15) is 5.75 Å². The first-order valence-corrected chi connectivity index (χ1v) is 9.21. The van der Waals surface area contributed by atoms with E-state index in [9.17, 15) is 4.79 Å². The summed E-state index contributed by atoms with van der Waals surface area (Å²) in [5.74, 6) is 0.827. The minimum absolute atomic E-state index is 0.0286. The molecule has 1 aromatic heterocycles. The lowest BCUT2D eigenvalue weighted by Gasteiger charge is -2.28. The summed E-state index contributed by atoms with van der Waals surface area (Å²) in [5.41, 5.74) is 9.33. The fourth-order valence-corrected chi connectivity index (χ4v) is 3.82. The van der Waals surface area contributed by atoms with Crippen molar-refractivity contribution in [3.8, 4) is 5.75 Å². The number of benzene rings is 1. The van der Waals surface area contributed by atoms with Crippen LogP contribution in [0, 0.1) is 6.92 Å². The molecular weight excluding hydrogens is 314 g/mol. The number of aryl methyl sites for hydroxylation is 1. The van der Waals surface area contributed by atoms with Crippen molar-refractivity contribution in [1.29, 1.82) is 0 Å². The lowest BCUT2D eigenvalue weighted by Crippen LogP contribution is -2.50. The first-order valence-electron chi connectivity index (χ1n) is 9.21. The number of rotatable bonds is 5. The zero-order valence-corrected chi connectivity index (χ0v) is 15.3. The van der Waals surface area contributed by atoms with Crippen LogP contribution in [0.1, 0.15) is 49.8 Å². The first-order chi connectivity index (χ1) is 12.0. The Balaban J connectivity index is 1.68. The molecule has 0 unspecified atom stereocenters. The highest BCUT2D eigenvalue weighted by Crippen LogP contribution is 2.27. The molecule has 1 aliphatic rings. The Labute approximate surface area is 149 Å². The van der Waals surface area contributed by atoms with Crippen molar-refractivity contribution in [1.82, 2.24) is 10.3 Å². The number of carbonyl (C=O) groups excluding carboxylic acids is 1. The van der Waals surface area contributed by atoms with E-state index in [2.05, 4.69) is 10.3 Å². The molecule has 1 amide bonds. The zero-order chi connectivity index (χ0) is 17.9. The van der Waals surface area contributed by atoms with Crippen LogP contribution in [0.5, 0.6) is 5.75 Å². The van der Waals surface area contributed by atoms with Gasteiger partial charge in [-0.1, -0.05) is 25.7 Å². The van der Waals surface area contributed by atoms with Crippen LogP contribution in [0.4, 0.5) is 0 Å². The summed E-state index contributed by atoms with van der Waals surface area (Å²) in [6.45, 7) is 2.57. The number of carbonyl (C=O) groups is 1. The molecule has 5 heteroatoms. The summed E-state index contributed by atoms with van der Waals surface area (Å²) in [6.07, 6.45) is 7.18. The predicted octanol–water partition coefficient (Wildman–Crippen LogP) is 3.20. The van der Waals surface area contributed by atoms with Crippen LogP contribution in [-0.4, -0.2) is 30.1 Å². The third kappa shape index (κ3) is 4.15. The normalized spacial score (nSPS) is 17.2. The average molecular weight is 343 g/mol. The number of nitrogens with two attached hydrogens (primary N) is 1. The van der Waals surface area contributed by atoms with Crippen molar-refractivity contribution in [3.63, 3.8) is 0 Å². The molecular formula is C20H29N3O2. The maximum atomic E-state index is 12.5. The molecule has 2 aromatic rings. The van der Waals surface area contributed by atoms with E-state index in [-0.39, 0.29) is 11.4 Å². The van der Waals surface area contributed by atoms with Crippen molar-refractivity contribution >= 4 is 16.8 Å². The van der Waals surface area contributed by atoms with Gasteiger partial charge in [0.15, 0.2) is 0 Å². The van der Waals surface area contributed by atoms with Crippen molar-refractivity contribution in [2.45, 2.75) is 57.4 Å².